The number of hydrogen-bond donors (Lipinski definition) is 2. The summed E-state index contributed by atoms with van der Waals surface area (Å²) in [4.78, 5) is 11.8. The fraction of sp³-hybridized carbons (Fsp3) is 0.263. The molecular weight excluding hydrogens is 320 g/mol. The maximum absolute atomic E-state index is 11.8. The van der Waals surface area contributed by atoms with Gasteiger partial charge < -0.3 is 15.4 Å². The Morgan fingerprint density at radius 2 is 1.92 bits per heavy atom. The molecule has 1 atom stereocenters. The van der Waals surface area contributed by atoms with Crippen molar-refractivity contribution < 1.29 is 9.53 Å². The van der Waals surface area contributed by atoms with E-state index in [0.29, 0.717) is 17.3 Å². The van der Waals surface area contributed by atoms with Crippen LogP contribution in [0.1, 0.15) is 41.4 Å². The topological polar surface area (TPSA) is 50.4 Å². The van der Waals surface area contributed by atoms with Crippen molar-refractivity contribution in [1.82, 2.24) is 5.32 Å². The molecule has 2 N–H and O–H groups in total. The molecule has 0 aliphatic heterocycles. The number of hydrogen-bond acceptors (Lipinski definition) is 3. The summed E-state index contributed by atoms with van der Waals surface area (Å²) in [6.45, 7) is 6.24. The zero-order valence-corrected chi connectivity index (χ0v) is 14.9. The van der Waals surface area contributed by atoms with Crippen LogP contribution in [0.5, 0.6) is 0 Å². The molecule has 2 aromatic rings. The van der Waals surface area contributed by atoms with Gasteiger partial charge in [-0.05, 0) is 56.8 Å². The molecule has 0 aliphatic rings. The molecule has 0 aromatic heterocycles. The van der Waals surface area contributed by atoms with Gasteiger partial charge in [0.15, 0.2) is 5.11 Å². The maximum atomic E-state index is 11.8. The first-order valence-corrected chi connectivity index (χ1v) is 8.31. The second-order valence-corrected chi connectivity index (χ2v) is 5.94. The van der Waals surface area contributed by atoms with Crippen LogP contribution in [0.3, 0.4) is 0 Å². The van der Waals surface area contributed by atoms with Crippen molar-refractivity contribution in [2.45, 2.75) is 26.8 Å². The minimum atomic E-state index is -0.340. The molecule has 0 aliphatic carbocycles. The van der Waals surface area contributed by atoms with E-state index in [-0.39, 0.29) is 12.0 Å². The van der Waals surface area contributed by atoms with Crippen LogP contribution in [0.25, 0.3) is 0 Å². The lowest BCUT2D eigenvalue weighted by molar-refractivity contribution is 0.0526. The molecule has 2 aromatic carbocycles. The lowest BCUT2D eigenvalue weighted by atomic mass is 10.1. The molecule has 4 nitrogen and oxygen atoms in total. The van der Waals surface area contributed by atoms with Crippen LogP contribution in [0.4, 0.5) is 5.69 Å². The van der Waals surface area contributed by atoms with Gasteiger partial charge >= 0.3 is 5.97 Å². The first-order valence-electron chi connectivity index (χ1n) is 7.91. The van der Waals surface area contributed by atoms with Crippen molar-refractivity contribution >= 4 is 29.0 Å². The number of nitrogens with one attached hydrogen (secondary N) is 2. The van der Waals surface area contributed by atoms with Crippen LogP contribution in [0, 0.1) is 6.92 Å². The Labute approximate surface area is 148 Å². The van der Waals surface area contributed by atoms with Crippen molar-refractivity contribution in [3.63, 3.8) is 0 Å². The summed E-state index contributed by atoms with van der Waals surface area (Å²) in [5, 5.41) is 6.85. The molecular formula is C19H22N2O2S. The van der Waals surface area contributed by atoms with Crippen molar-refractivity contribution in [1.29, 1.82) is 0 Å². The van der Waals surface area contributed by atoms with Gasteiger partial charge in [-0.3, -0.25) is 0 Å². The van der Waals surface area contributed by atoms with Gasteiger partial charge in [-0.1, -0.05) is 35.9 Å². The summed E-state index contributed by atoms with van der Waals surface area (Å²) < 4.78 is 5.00. The maximum Gasteiger partial charge on any atom is 0.338 e. The summed E-state index contributed by atoms with van der Waals surface area (Å²) >= 11 is 5.36. The molecule has 5 heteroatoms. The van der Waals surface area contributed by atoms with Crippen LogP contribution in [0.2, 0.25) is 0 Å². The Bertz CT molecular complexity index is 714. The molecule has 0 saturated carbocycles. The molecule has 0 unspecified atom stereocenters. The number of carbonyl (C=O) groups is 1. The number of thiocarbonyl (C=S) groups is 1. The normalized spacial score (nSPS) is 11.5. The Hall–Kier alpha value is -2.40. The summed E-state index contributed by atoms with van der Waals surface area (Å²) in [6.07, 6.45) is 0. The molecule has 24 heavy (non-hydrogen) atoms. The molecule has 0 saturated heterocycles. The molecule has 2 rings (SSSR count). The van der Waals surface area contributed by atoms with Crippen LogP contribution >= 0.6 is 12.2 Å². The van der Waals surface area contributed by atoms with E-state index in [2.05, 4.69) is 41.8 Å². The van der Waals surface area contributed by atoms with Gasteiger partial charge in [0.1, 0.15) is 0 Å². The van der Waals surface area contributed by atoms with E-state index < -0.39 is 0 Å². The monoisotopic (exact) mass is 342 g/mol. The summed E-state index contributed by atoms with van der Waals surface area (Å²) in [7, 11) is 0. The van der Waals surface area contributed by atoms with E-state index in [4.69, 9.17) is 17.0 Å². The van der Waals surface area contributed by atoms with Crippen molar-refractivity contribution in [3.8, 4) is 0 Å². The standard InChI is InChI=1S/C19H22N2O2S/c1-4-23-18(22)16-6-5-7-17(12-16)21-19(24)20-14(3)15-10-8-13(2)9-11-15/h5-12,14H,4H2,1-3H3,(H2,20,21,24)/t14-/m0/s1. The third-order valence-electron chi connectivity index (χ3n) is 3.56. The average molecular weight is 342 g/mol. The van der Waals surface area contributed by atoms with E-state index in [1.807, 2.05) is 13.0 Å². The number of esters is 1. The van der Waals surface area contributed by atoms with Crippen LogP contribution in [0.15, 0.2) is 48.5 Å². The number of benzene rings is 2. The van der Waals surface area contributed by atoms with E-state index in [1.165, 1.54) is 5.56 Å². The molecule has 0 heterocycles. The average Bonchev–Trinajstić information content (AvgIpc) is 2.55. The van der Waals surface area contributed by atoms with Gasteiger partial charge in [-0.15, -0.1) is 0 Å². The predicted molar refractivity (Wildman–Crippen MR) is 101 cm³/mol. The SMILES string of the molecule is CCOC(=O)c1cccc(NC(=S)N[C@@H](C)c2ccc(C)cc2)c1. The van der Waals surface area contributed by atoms with Crippen LogP contribution < -0.4 is 10.6 Å². The van der Waals surface area contributed by atoms with Crippen molar-refractivity contribution in [2.75, 3.05) is 11.9 Å². The Morgan fingerprint density at radius 1 is 1.21 bits per heavy atom. The van der Waals surface area contributed by atoms with Gasteiger partial charge in [-0.2, -0.15) is 0 Å². The minimum absolute atomic E-state index is 0.0823. The highest BCUT2D eigenvalue weighted by Gasteiger charge is 2.09. The molecule has 0 radical (unpaired) electrons. The van der Waals surface area contributed by atoms with Gasteiger partial charge in [0.05, 0.1) is 18.2 Å². The number of aryl methyl sites for hydroxylation is 1. The summed E-state index contributed by atoms with van der Waals surface area (Å²) in [5.41, 5.74) is 3.62. The number of carbonyl (C=O) groups excluding carboxylic acids is 1. The van der Waals surface area contributed by atoms with E-state index in [0.717, 1.165) is 11.3 Å². The highest BCUT2D eigenvalue weighted by Crippen LogP contribution is 2.15. The minimum Gasteiger partial charge on any atom is -0.462 e. The zero-order valence-electron chi connectivity index (χ0n) is 14.1. The van der Waals surface area contributed by atoms with Gasteiger partial charge in [-0.25, -0.2) is 4.79 Å². The van der Waals surface area contributed by atoms with E-state index in [1.54, 1.807) is 25.1 Å². The highest BCUT2D eigenvalue weighted by atomic mass is 32.1. The number of anilines is 1. The number of ether oxygens (including phenoxy) is 1. The van der Waals surface area contributed by atoms with Gasteiger partial charge in [0, 0.05) is 5.69 Å². The molecule has 0 fully saturated rings. The fourth-order valence-electron chi connectivity index (χ4n) is 2.24. The first kappa shape index (κ1) is 17.9. The Kier molecular flexibility index (Phi) is 6.32. The molecule has 0 spiro atoms. The van der Waals surface area contributed by atoms with Crippen molar-refractivity contribution in [3.05, 3.63) is 65.2 Å². The Morgan fingerprint density at radius 3 is 2.58 bits per heavy atom. The molecule has 0 bridgehead atoms. The van der Waals surface area contributed by atoms with E-state index in [9.17, 15) is 4.79 Å². The quantitative estimate of drug-likeness (QED) is 0.629. The summed E-state index contributed by atoms with van der Waals surface area (Å²) in [5.74, 6) is -0.340. The lowest BCUT2D eigenvalue weighted by Crippen LogP contribution is -2.30. The van der Waals surface area contributed by atoms with Crippen LogP contribution in [-0.4, -0.2) is 17.7 Å². The predicted octanol–water partition coefficient (Wildman–Crippen LogP) is 4.22. The first-order chi connectivity index (χ1) is 11.5. The third-order valence-corrected chi connectivity index (χ3v) is 3.78. The summed E-state index contributed by atoms with van der Waals surface area (Å²) in [6, 6.07) is 15.5. The lowest BCUT2D eigenvalue weighted by Gasteiger charge is -2.18. The molecule has 126 valence electrons. The molecule has 0 amide bonds. The van der Waals surface area contributed by atoms with Crippen molar-refractivity contribution in [2.24, 2.45) is 0 Å². The third kappa shape index (κ3) is 5.06. The number of rotatable bonds is 5. The van der Waals surface area contributed by atoms with Gasteiger partial charge in [0.25, 0.3) is 0 Å². The smallest absolute Gasteiger partial charge is 0.338 e. The fourth-order valence-corrected chi connectivity index (χ4v) is 2.54. The Balaban J connectivity index is 1.98. The second-order valence-electron chi connectivity index (χ2n) is 5.53. The second kappa shape index (κ2) is 8.45. The largest absolute Gasteiger partial charge is 0.462 e. The van der Waals surface area contributed by atoms with E-state index >= 15 is 0 Å². The highest BCUT2D eigenvalue weighted by molar-refractivity contribution is 7.80. The van der Waals surface area contributed by atoms with Gasteiger partial charge in [0.2, 0.25) is 0 Å². The van der Waals surface area contributed by atoms with Crippen LogP contribution in [-0.2, 0) is 4.74 Å². The zero-order chi connectivity index (χ0) is 17.5.